The highest BCUT2D eigenvalue weighted by atomic mass is 19.3. The third-order valence-corrected chi connectivity index (χ3v) is 2.07. The summed E-state index contributed by atoms with van der Waals surface area (Å²) in [4.78, 5) is 0. The zero-order chi connectivity index (χ0) is 7.12. The molecule has 0 bridgehead atoms. The Bertz CT molecular complexity index is 113. The van der Waals surface area contributed by atoms with Gasteiger partial charge in [-0.2, -0.15) is 0 Å². The molecule has 0 aromatic heterocycles. The van der Waals surface area contributed by atoms with Crippen molar-refractivity contribution in [3.05, 3.63) is 0 Å². The summed E-state index contributed by atoms with van der Waals surface area (Å²) in [7, 11) is 1.59. The Balaban J connectivity index is 2.60. The highest BCUT2D eigenvalue weighted by molar-refractivity contribution is 5.09. The standard InChI is InChI=1S/C6H11F2N/c1-5(7,8)6(9-2)3-4-6/h9H,3-4H2,1-2H3. The van der Waals surface area contributed by atoms with E-state index in [2.05, 4.69) is 5.32 Å². The Hall–Kier alpha value is -0.180. The molecule has 0 aromatic carbocycles. The minimum atomic E-state index is -2.55. The highest BCUT2D eigenvalue weighted by Crippen LogP contribution is 2.47. The van der Waals surface area contributed by atoms with E-state index in [0.717, 1.165) is 6.92 Å². The molecule has 0 unspecified atom stereocenters. The summed E-state index contributed by atoms with van der Waals surface area (Å²) in [5.41, 5.74) is -0.854. The van der Waals surface area contributed by atoms with Gasteiger partial charge in [0.2, 0.25) is 0 Å². The topological polar surface area (TPSA) is 12.0 Å². The third-order valence-electron chi connectivity index (χ3n) is 2.07. The number of halogens is 2. The molecule has 0 heterocycles. The summed E-state index contributed by atoms with van der Waals surface area (Å²) in [5, 5.41) is 2.64. The first-order valence-electron chi connectivity index (χ1n) is 3.09. The number of alkyl halides is 2. The van der Waals surface area contributed by atoms with E-state index < -0.39 is 11.5 Å². The number of hydrogen-bond donors (Lipinski definition) is 1. The highest BCUT2D eigenvalue weighted by Gasteiger charge is 2.57. The molecular formula is C6H11F2N. The van der Waals surface area contributed by atoms with Crippen molar-refractivity contribution in [2.24, 2.45) is 0 Å². The smallest absolute Gasteiger partial charge is 0.263 e. The van der Waals surface area contributed by atoms with Crippen molar-refractivity contribution in [3.8, 4) is 0 Å². The monoisotopic (exact) mass is 135 g/mol. The molecule has 0 radical (unpaired) electrons. The van der Waals surface area contributed by atoms with Crippen LogP contribution < -0.4 is 5.32 Å². The summed E-state index contributed by atoms with van der Waals surface area (Å²) in [6.45, 7) is 0.969. The fraction of sp³-hybridized carbons (Fsp3) is 1.00. The van der Waals surface area contributed by atoms with Crippen molar-refractivity contribution in [1.82, 2.24) is 5.32 Å². The third kappa shape index (κ3) is 0.936. The van der Waals surface area contributed by atoms with Gasteiger partial charge in [0, 0.05) is 6.92 Å². The fourth-order valence-corrected chi connectivity index (χ4v) is 1.03. The van der Waals surface area contributed by atoms with Gasteiger partial charge in [-0.3, -0.25) is 0 Å². The van der Waals surface area contributed by atoms with Crippen LogP contribution in [-0.2, 0) is 0 Å². The SMILES string of the molecule is CNC1(C(C)(F)F)CC1. The van der Waals surface area contributed by atoms with Gasteiger partial charge in [0.15, 0.2) is 0 Å². The Morgan fingerprint density at radius 2 is 1.89 bits per heavy atom. The zero-order valence-corrected chi connectivity index (χ0v) is 5.67. The molecule has 3 heteroatoms. The van der Waals surface area contributed by atoms with Crippen molar-refractivity contribution in [1.29, 1.82) is 0 Å². The molecule has 1 fully saturated rings. The van der Waals surface area contributed by atoms with Crippen LogP contribution >= 0.6 is 0 Å². The van der Waals surface area contributed by atoms with Gasteiger partial charge in [0.05, 0.1) is 5.54 Å². The molecule has 1 nitrogen and oxygen atoms in total. The van der Waals surface area contributed by atoms with Gasteiger partial charge >= 0.3 is 0 Å². The van der Waals surface area contributed by atoms with Crippen LogP contribution in [-0.4, -0.2) is 18.5 Å². The molecule has 1 N–H and O–H groups in total. The first-order valence-corrected chi connectivity index (χ1v) is 3.09. The van der Waals surface area contributed by atoms with E-state index in [-0.39, 0.29) is 0 Å². The largest absolute Gasteiger partial charge is 0.309 e. The van der Waals surface area contributed by atoms with Gasteiger partial charge in [-0.15, -0.1) is 0 Å². The Morgan fingerprint density at radius 1 is 1.44 bits per heavy atom. The van der Waals surface area contributed by atoms with Gasteiger partial charge < -0.3 is 5.32 Å². The zero-order valence-electron chi connectivity index (χ0n) is 5.67. The lowest BCUT2D eigenvalue weighted by atomic mass is 10.1. The second kappa shape index (κ2) is 1.66. The maximum atomic E-state index is 12.5. The van der Waals surface area contributed by atoms with Crippen LogP contribution in [0.2, 0.25) is 0 Å². The van der Waals surface area contributed by atoms with E-state index in [1.807, 2.05) is 0 Å². The molecule has 1 aliphatic rings. The molecule has 1 saturated carbocycles. The van der Waals surface area contributed by atoms with Crippen LogP contribution in [0.5, 0.6) is 0 Å². The second-order valence-corrected chi connectivity index (χ2v) is 2.72. The van der Waals surface area contributed by atoms with E-state index in [1.165, 1.54) is 0 Å². The van der Waals surface area contributed by atoms with E-state index in [9.17, 15) is 8.78 Å². The lowest BCUT2D eigenvalue weighted by Gasteiger charge is -2.21. The van der Waals surface area contributed by atoms with Crippen molar-refractivity contribution in [2.45, 2.75) is 31.2 Å². The minimum Gasteiger partial charge on any atom is -0.309 e. The first-order chi connectivity index (χ1) is 4.02. The first kappa shape index (κ1) is 6.93. The summed E-state index contributed by atoms with van der Waals surface area (Å²) in [6.07, 6.45) is 1.21. The molecule has 9 heavy (non-hydrogen) atoms. The van der Waals surface area contributed by atoms with E-state index in [4.69, 9.17) is 0 Å². The van der Waals surface area contributed by atoms with Crippen molar-refractivity contribution >= 4 is 0 Å². The predicted octanol–water partition coefficient (Wildman–Crippen LogP) is 1.39. The number of nitrogens with one attached hydrogen (secondary N) is 1. The van der Waals surface area contributed by atoms with Crippen LogP contribution in [0.15, 0.2) is 0 Å². The van der Waals surface area contributed by atoms with Crippen molar-refractivity contribution in [2.75, 3.05) is 7.05 Å². The molecule has 1 rings (SSSR count). The van der Waals surface area contributed by atoms with E-state index in [1.54, 1.807) is 7.05 Å². The molecule has 54 valence electrons. The van der Waals surface area contributed by atoms with Gasteiger partial charge in [0.25, 0.3) is 5.92 Å². The van der Waals surface area contributed by atoms with Crippen LogP contribution in [0.3, 0.4) is 0 Å². The molecule has 0 spiro atoms. The fourth-order valence-electron chi connectivity index (χ4n) is 1.03. The van der Waals surface area contributed by atoms with Gasteiger partial charge in [0.1, 0.15) is 0 Å². The van der Waals surface area contributed by atoms with Crippen molar-refractivity contribution < 1.29 is 8.78 Å². The Morgan fingerprint density at radius 3 is 1.89 bits per heavy atom. The average molecular weight is 135 g/mol. The van der Waals surface area contributed by atoms with E-state index >= 15 is 0 Å². The lowest BCUT2D eigenvalue weighted by molar-refractivity contribution is -0.0275. The van der Waals surface area contributed by atoms with Gasteiger partial charge in [-0.25, -0.2) is 8.78 Å². The summed E-state index contributed by atoms with van der Waals surface area (Å²) in [6, 6.07) is 0. The number of rotatable bonds is 2. The maximum absolute atomic E-state index is 12.5. The quantitative estimate of drug-likeness (QED) is 0.603. The summed E-state index contributed by atoms with van der Waals surface area (Å²) >= 11 is 0. The van der Waals surface area contributed by atoms with Crippen LogP contribution in [0, 0.1) is 0 Å². The Kier molecular flexibility index (Phi) is 1.28. The van der Waals surface area contributed by atoms with Gasteiger partial charge in [-0.05, 0) is 19.9 Å². The average Bonchev–Trinajstić information content (AvgIpc) is 2.40. The maximum Gasteiger partial charge on any atom is 0.263 e. The van der Waals surface area contributed by atoms with Crippen LogP contribution in [0.4, 0.5) is 8.78 Å². The van der Waals surface area contributed by atoms with E-state index in [0.29, 0.717) is 12.8 Å². The Labute approximate surface area is 53.4 Å². The summed E-state index contributed by atoms with van der Waals surface area (Å²) in [5.74, 6) is -2.55. The predicted molar refractivity (Wildman–Crippen MR) is 31.6 cm³/mol. The lowest BCUT2D eigenvalue weighted by Crippen LogP contribution is -2.43. The molecule has 1 aliphatic carbocycles. The molecule has 0 aromatic rings. The van der Waals surface area contributed by atoms with Crippen molar-refractivity contribution in [3.63, 3.8) is 0 Å². The summed E-state index contributed by atoms with van der Waals surface area (Å²) < 4.78 is 25.0. The van der Waals surface area contributed by atoms with Crippen LogP contribution in [0.1, 0.15) is 19.8 Å². The second-order valence-electron chi connectivity index (χ2n) is 2.72. The molecule has 0 saturated heterocycles. The molecule has 0 atom stereocenters. The number of hydrogen-bond acceptors (Lipinski definition) is 1. The normalized spacial score (nSPS) is 24.0. The van der Waals surface area contributed by atoms with Gasteiger partial charge in [-0.1, -0.05) is 0 Å². The minimum absolute atomic E-state index is 0.604. The molecule has 0 aliphatic heterocycles. The molecule has 0 amide bonds. The molecular weight excluding hydrogens is 124 g/mol. The van der Waals surface area contributed by atoms with Crippen LogP contribution in [0.25, 0.3) is 0 Å².